The van der Waals surface area contributed by atoms with Crippen molar-refractivity contribution in [3.63, 3.8) is 0 Å². The molecule has 42 heavy (non-hydrogen) atoms. The molecule has 13 heteroatoms. The highest BCUT2D eigenvalue weighted by Crippen LogP contribution is 2.50. The maximum absolute atomic E-state index is 13.3. The molecule has 0 radical (unpaired) electrons. The maximum atomic E-state index is 13.3. The lowest BCUT2D eigenvalue weighted by Gasteiger charge is -2.37. The van der Waals surface area contributed by atoms with Crippen molar-refractivity contribution in [2.45, 2.75) is 84.6 Å². The number of nitrogens with one attached hydrogen (secondary N) is 1. The lowest BCUT2D eigenvalue weighted by molar-refractivity contribution is -0.0704. The van der Waals surface area contributed by atoms with Crippen LogP contribution in [-0.2, 0) is 18.5 Å². The van der Waals surface area contributed by atoms with Gasteiger partial charge in [-0.2, -0.15) is 4.98 Å². The number of hydrogen-bond donors (Lipinski definition) is 2. The number of amides is 1. The lowest BCUT2D eigenvalue weighted by Crippen LogP contribution is -2.41. The van der Waals surface area contributed by atoms with Gasteiger partial charge in [-0.3, -0.25) is 9.36 Å². The minimum Gasteiger partial charge on any atom is -0.396 e. The van der Waals surface area contributed by atoms with Crippen LogP contribution < -0.4 is 11.0 Å². The smallest absolute Gasteiger partial charge is 0.351 e. The average molecular weight is 605 g/mol. The van der Waals surface area contributed by atoms with Gasteiger partial charge in [-0.1, -0.05) is 18.2 Å². The zero-order valence-electron chi connectivity index (χ0n) is 25.8. The van der Waals surface area contributed by atoms with Gasteiger partial charge in [0.2, 0.25) is 6.54 Å². The number of carbonyl (C=O) groups excluding carboxylic acids is 1. The molecule has 1 aliphatic rings. The summed E-state index contributed by atoms with van der Waals surface area (Å²) in [7, 11) is -1.70. The summed E-state index contributed by atoms with van der Waals surface area (Å²) in [4.78, 5) is 33.5. The molecule has 230 valence electrons. The van der Waals surface area contributed by atoms with Crippen molar-refractivity contribution in [1.82, 2.24) is 14.2 Å². The van der Waals surface area contributed by atoms with E-state index in [4.69, 9.17) is 26.5 Å². The van der Waals surface area contributed by atoms with Crippen LogP contribution in [0.25, 0.3) is 4.85 Å². The Morgan fingerprint density at radius 3 is 2.60 bits per heavy atom. The number of anilines is 1. The highest BCUT2D eigenvalue weighted by Gasteiger charge is 2.48. The molecule has 0 saturated carbocycles. The third-order valence-electron chi connectivity index (χ3n) is 6.44. The molecule has 0 aliphatic carbocycles. The summed E-state index contributed by atoms with van der Waals surface area (Å²) < 4.78 is 36.6. The van der Waals surface area contributed by atoms with E-state index in [2.05, 4.69) is 19.8 Å². The number of nitrogens with zero attached hydrogens (tertiary/aromatic N) is 4. The minimum absolute atomic E-state index is 0.0495. The Hall–Kier alpha value is -2.75. The van der Waals surface area contributed by atoms with E-state index < -0.39 is 44.7 Å². The quantitative estimate of drug-likeness (QED) is 0.175. The zero-order valence-corrected chi connectivity index (χ0v) is 25.7. The number of carbonyl (C=O) groups is 1. The van der Waals surface area contributed by atoms with Crippen LogP contribution in [0.1, 0.15) is 64.5 Å². The molecule has 1 fully saturated rings. The van der Waals surface area contributed by atoms with E-state index in [9.17, 15) is 14.7 Å². The Morgan fingerprint density at radius 2 is 1.98 bits per heavy atom. The molecular weight excluding hydrogens is 561 g/mol. The topological polar surface area (TPSA) is 129 Å². The van der Waals surface area contributed by atoms with E-state index in [1.54, 1.807) is 37.3 Å². The molecule has 1 aromatic heterocycles. The van der Waals surface area contributed by atoms with E-state index in [0.717, 1.165) is 0 Å². The van der Waals surface area contributed by atoms with Gasteiger partial charge < -0.3 is 33.8 Å². The van der Waals surface area contributed by atoms with Gasteiger partial charge in [-0.25, -0.2) is 16.0 Å². The third-order valence-corrected chi connectivity index (χ3v) is 8.57. The molecule has 1 aromatic carbocycles. The SMILES string of the molecule is [2H]C[C@H]1O[C@@H](n2cc(C)c(NC(=O)c3ccccc3)nc2=O)[C@H](OCCCO)[C@@H]1OP(OCC[N+]#[C-])N(C(C)C)C(C)C. The van der Waals surface area contributed by atoms with Crippen LogP contribution in [0.4, 0.5) is 5.82 Å². The second-order valence-electron chi connectivity index (χ2n) is 10.4. The molecule has 5 atom stereocenters. The number of ether oxygens (including phenoxy) is 2. The Bertz CT molecular complexity index is 1270. The first kappa shape index (κ1) is 32.2. The fourth-order valence-electron chi connectivity index (χ4n) is 4.56. The Kier molecular flexibility index (Phi) is 12.4. The van der Waals surface area contributed by atoms with Gasteiger partial charge in [0.1, 0.15) is 24.6 Å². The number of rotatable bonds is 15. The summed E-state index contributed by atoms with van der Waals surface area (Å²) >= 11 is 0. The van der Waals surface area contributed by atoms with Crippen molar-refractivity contribution in [1.29, 1.82) is 0 Å². The van der Waals surface area contributed by atoms with Gasteiger partial charge in [0, 0.05) is 44.0 Å². The van der Waals surface area contributed by atoms with Crippen molar-refractivity contribution < 1.29 is 29.8 Å². The van der Waals surface area contributed by atoms with Gasteiger partial charge in [0.25, 0.3) is 14.4 Å². The summed E-state index contributed by atoms with van der Waals surface area (Å²) in [6.45, 7) is 17.2. The van der Waals surface area contributed by atoms with Crippen molar-refractivity contribution in [2.75, 3.05) is 31.7 Å². The van der Waals surface area contributed by atoms with E-state index in [1.807, 2.05) is 27.7 Å². The van der Waals surface area contributed by atoms with Crippen LogP contribution >= 0.6 is 8.53 Å². The van der Waals surface area contributed by atoms with Gasteiger partial charge in [0.15, 0.2) is 6.23 Å². The number of aliphatic hydroxyl groups is 1. The van der Waals surface area contributed by atoms with E-state index in [-0.39, 0.29) is 51.2 Å². The van der Waals surface area contributed by atoms with E-state index in [0.29, 0.717) is 17.5 Å². The molecule has 2 aromatic rings. The van der Waals surface area contributed by atoms with Gasteiger partial charge >= 0.3 is 5.69 Å². The Balaban J connectivity index is 1.95. The zero-order chi connectivity index (χ0) is 31.5. The van der Waals surface area contributed by atoms with Crippen LogP contribution in [0.2, 0.25) is 0 Å². The molecule has 1 unspecified atom stereocenters. The van der Waals surface area contributed by atoms with Gasteiger partial charge in [-0.15, -0.1) is 0 Å². The van der Waals surface area contributed by atoms with Crippen molar-refractivity contribution in [2.24, 2.45) is 0 Å². The van der Waals surface area contributed by atoms with Crippen LogP contribution in [0.3, 0.4) is 0 Å². The molecule has 1 saturated heterocycles. The van der Waals surface area contributed by atoms with Crippen molar-refractivity contribution >= 4 is 20.3 Å². The first-order chi connectivity index (χ1) is 20.6. The number of aromatic nitrogens is 2. The van der Waals surface area contributed by atoms with Crippen molar-refractivity contribution in [3.05, 3.63) is 69.6 Å². The summed E-state index contributed by atoms with van der Waals surface area (Å²) in [5.41, 5.74) is 0.263. The van der Waals surface area contributed by atoms with E-state index >= 15 is 0 Å². The number of aliphatic hydroxyl groups excluding tert-OH is 1. The van der Waals surface area contributed by atoms with Gasteiger partial charge in [0.05, 0.1) is 6.10 Å². The van der Waals surface area contributed by atoms with Gasteiger partial charge in [-0.05, 0) is 60.1 Å². The average Bonchev–Trinajstić information content (AvgIpc) is 3.31. The van der Waals surface area contributed by atoms with Crippen LogP contribution in [0.15, 0.2) is 41.3 Å². The van der Waals surface area contributed by atoms with Crippen LogP contribution in [-0.4, -0.2) is 82.0 Å². The summed E-state index contributed by atoms with van der Waals surface area (Å²) in [5, 5.41) is 12.1. The number of aryl methyl sites for hydroxylation is 1. The molecule has 12 nitrogen and oxygen atoms in total. The largest absolute Gasteiger partial charge is 0.396 e. The fraction of sp³-hybridized carbons (Fsp3) is 0.586. The molecule has 0 bridgehead atoms. The highest BCUT2D eigenvalue weighted by molar-refractivity contribution is 7.44. The molecule has 0 spiro atoms. The standard InChI is InChI=1S/C29H42N5O7P/c1-19(2)34(20(3)4)42(39-17-14-30-7)41-24-22(6)40-28(25(24)38-16-11-15-35)33-18-21(5)26(32-29(33)37)31-27(36)23-12-9-8-10-13-23/h8-10,12-13,18-20,22,24-25,28,35H,11,14-17H2,1-6H3,(H,31,32,36,37)/t22-,24-,25-,28-,42?/m1/s1/i6D. The second kappa shape index (κ2) is 16.2. The summed E-state index contributed by atoms with van der Waals surface area (Å²) in [6.07, 6.45) is -1.53. The minimum atomic E-state index is -1.70. The number of benzene rings is 1. The second-order valence-corrected chi connectivity index (χ2v) is 11.8. The monoisotopic (exact) mass is 604 g/mol. The predicted octanol–water partition coefficient (Wildman–Crippen LogP) is 4.16. The highest BCUT2D eigenvalue weighted by atomic mass is 31.2. The Morgan fingerprint density at radius 1 is 1.26 bits per heavy atom. The fourth-order valence-corrected chi connectivity index (χ4v) is 6.32. The first-order valence-electron chi connectivity index (χ1n) is 14.7. The normalized spacial score (nSPS) is 21.5. The molecule has 1 amide bonds. The maximum Gasteiger partial charge on any atom is 0.351 e. The first-order valence-corrected chi connectivity index (χ1v) is 15.1. The third kappa shape index (κ3) is 8.64. The molecule has 1 aliphatic heterocycles. The summed E-state index contributed by atoms with van der Waals surface area (Å²) in [6, 6.07) is 8.70. The molecule has 3 rings (SSSR count). The van der Waals surface area contributed by atoms with Crippen LogP contribution in [0, 0.1) is 13.5 Å². The molecule has 2 heterocycles. The number of hydrogen-bond acceptors (Lipinski definition) is 9. The van der Waals surface area contributed by atoms with Crippen LogP contribution in [0.5, 0.6) is 0 Å². The predicted molar refractivity (Wildman–Crippen MR) is 160 cm³/mol. The molecular formula is C29H42N5O7P. The Labute approximate surface area is 250 Å². The lowest BCUT2D eigenvalue weighted by atomic mass is 10.1. The summed E-state index contributed by atoms with van der Waals surface area (Å²) in [5.74, 6) is -0.276. The van der Waals surface area contributed by atoms with Crippen molar-refractivity contribution in [3.8, 4) is 0 Å². The molecule has 2 N–H and O–H groups in total. The van der Waals surface area contributed by atoms with E-state index in [1.165, 1.54) is 10.8 Å².